The van der Waals surface area contributed by atoms with E-state index in [1.807, 2.05) is 23.1 Å². The van der Waals surface area contributed by atoms with E-state index in [0.29, 0.717) is 6.61 Å². The zero-order chi connectivity index (χ0) is 14.9. The molecule has 0 bridgehead atoms. The molecule has 4 rings (SSSR count). The first-order chi connectivity index (χ1) is 10.8. The number of benzene rings is 1. The number of nitrogens with zero attached hydrogens (tertiary/aromatic N) is 3. The molecule has 22 heavy (non-hydrogen) atoms. The third-order valence-corrected chi connectivity index (χ3v) is 4.04. The van der Waals surface area contributed by atoms with Crippen LogP contribution in [0, 0.1) is 6.92 Å². The summed E-state index contributed by atoms with van der Waals surface area (Å²) < 4.78 is 7.55. The number of fused-ring (bicyclic) bond motifs is 1. The molecule has 5 heteroatoms. The number of aryl methyl sites for hydroxylation is 1. The first-order valence-corrected chi connectivity index (χ1v) is 7.54. The maximum atomic E-state index is 5.59. The maximum absolute atomic E-state index is 5.59. The van der Waals surface area contributed by atoms with Crippen LogP contribution in [0.5, 0.6) is 0 Å². The Morgan fingerprint density at radius 1 is 1.23 bits per heavy atom. The van der Waals surface area contributed by atoms with Crippen LogP contribution in [0.1, 0.15) is 17.3 Å². The topological polar surface area (TPSA) is 52.0 Å². The molecule has 1 aliphatic heterocycles. The zero-order valence-corrected chi connectivity index (χ0v) is 12.5. The largest absolute Gasteiger partial charge is 0.378 e. The Balaban J connectivity index is 1.86. The van der Waals surface area contributed by atoms with Crippen LogP contribution < -0.4 is 5.32 Å². The number of nitrogens with one attached hydrogen (secondary N) is 1. The lowest BCUT2D eigenvalue weighted by molar-refractivity contribution is 0.0759. The van der Waals surface area contributed by atoms with Gasteiger partial charge >= 0.3 is 0 Å². The summed E-state index contributed by atoms with van der Waals surface area (Å²) in [6, 6.07) is 10.5. The van der Waals surface area contributed by atoms with Crippen LogP contribution in [0.4, 0.5) is 0 Å². The van der Waals surface area contributed by atoms with E-state index in [0.717, 1.165) is 35.4 Å². The molecule has 0 amide bonds. The number of pyridine rings is 1. The number of hydrogen-bond acceptors (Lipinski definition) is 4. The van der Waals surface area contributed by atoms with Crippen LogP contribution in [0.3, 0.4) is 0 Å². The fraction of sp³-hybridized carbons (Fsp3) is 0.294. The molecule has 0 saturated carbocycles. The predicted molar refractivity (Wildman–Crippen MR) is 85.2 cm³/mol. The Morgan fingerprint density at radius 2 is 2.09 bits per heavy atom. The van der Waals surface area contributed by atoms with E-state index in [1.54, 1.807) is 0 Å². The fourth-order valence-corrected chi connectivity index (χ4v) is 2.87. The molecular weight excluding hydrogens is 276 g/mol. The minimum Gasteiger partial charge on any atom is -0.378 e. The van der Waals surface area contributed by atoms with Gasteiger partial charge in [-0.3, -0.25) is 4.98 Å². The second kappa shape index (κ2) is 5.51. The molecule has 1 aromatic carbocycles. The lowest BCUT2D eigenvalue weighted by Gasteiger charge is -2.22. The second-order valence-corrected chi connectivity index (χ2v) is 5.61. The van der Waals surface area contributed by atoms with Gasteiger partial charge in [-0.25, -0.2) is 4.68 Å². The van der Waals surface area contributed by atoms with Gasteiger partial charge in [-0.2, -0.15) is 5.10 Å². The standard InChI is InChI=1S/C17H18N4O/c1-12-2-4-13(5-3-12)21-16-10-18-7-6-14(16)17(20-21)15-11-22-9-8-19-15/h2-7,10,15,19H,8-9,11H2,1H3. The molecule has 0 radical (unpaired) electrons. The highest BCUT2D eigenvalue weighted by Crippen LogP contribution is 2.26. The number of morpholine rings is 1. The van der Waals surface area contributed by atoms with E-state index >= 15 is 0 Å². The quantitative estimate of drug-likeness (QED) is 0.788. The van der Waals surface area contributed by atoms with Gasteiger partial charge in [-0.15, -0.1) is 0 Å². The van der Waals surface area contributed by atoms with Gasteiger partial charge in [0.05, 0.1) is 42.4 Å². The van der Waals surface area contributed by atoms with Crippen molar-refractivity contribution in [3.05, 3.63) is 54.0 Å². The van der Waals surface area contributed by atoms with Crippen LogP contribution in [0.25, 0.3) is 16.6 Å². The molecule has 1 aliphatic rings. The zero-order valence-electron chi connectivity index (χ0n) is 12.5. The fourth-order valence-electron chi connectivity index (χ4n) is 2.87. The van der Waals surface area contributed by atoms with Gasteiger partial charge < -0.3 is 10.1 Å². The van der Waals surface area contributed by atoms with Crippen LogP contribution in [0.2, 0.25) is 0 Å². The molecule has 5 nitrogen and oxygen atoms in total. The minimum atomic E-state index is 0.130. The molecule has 1 atom stereocenters. The number of aromatic nitrogens is 3. The van der Waals surface area contributed by atoms with E-state index in [9.17, 15) is 0 Å². The van der Waals surface area contributed by atoms with Crippen LogP contribution in [-0.2, 0) is 4.74 Å². The number of ether oxygens (including phenoxy) is 1. The van der Waals surface area contributed by atoms with Gasteiger partial charge in [0.15, 0.2) is 0 Å². The molecule has 3 aromatic rings. The monoisotopic (exact) mass is 294 g/mol. The van der Waals surface area contributed by atoms with Crippen molar-refractivity contribution in [2.75, 3.05) is 19.8 Å². The van der Waals surface area contributed by atoms with Gasteiger partial charge in [0, 0.05) is 18.1 Å². The van der Waals surface area contributed by atoms with E-state index in [2.05, 4.69) is 41.5 Å². The SMILES string of the molecule is Cc1ccc(-n2nc(C3COCCN3)c3ccncc32)cc1. The van der Waals surface area contributed by atoms with E-state index in [4.69, 9.17) is 9.84 Å². The molecule has 1 fully saturated rings. The molecular formula is C17H18N4O. The normalized spacial score (nSPS) is 18.7. The molecule has 1 N–H and O–H groups in total. The van der Waals surface area contributed by atoms with Gasteiger partial charge in [0.1, 0.15) is 0 Å². The van der Waals surface area contributed by atoms with Crippen molar-refractivity contribution in [3.63, 3.8) is 0 Å². The highest BCUT2D eigenvalue weighted by molar-refractivity contribution is 5.83. The van der Waals surface area contributed by atoms with Crippen LogP contribution in [0.15, 0.2) is 42.7 Å². The first-order valence-electron chi connectivity index (χ1n) is 7.54. The third kappa shape index (κ3) is 2.28. The summed E-state index contributed by atoms with van der Waals surface area (Å²) in [5, 5.41) is 9.45. The van der Waals surface area contributed by atoms with E-state index < -0.39 is 0 Å². The average Bonchev–Trinajstić information content (AvgIpc) is 2.96. The lowest BCUT2D eigenvalue weighted by atomic mass is 10.1. The summed E-state index contributed by atoms with van der Waals surface area (Å²) in [4.78, 5) is 4.26. The van der Waals surface area contributed by atoms with Crippen LogP contribution in [-0.4, -0.2) is 34.5 Å². The van der Waals surface area contributed by atoms with Gasteiger partial charge in [-0.1, -0.05) is 17.7 Å². The molecule has 1 unspecified atom stereocenters. The maximum Gasteiger partial charge on any atom is 0.0927 e. The Hall–Kier alpha value is -2.24. The summed E-state index contributed by atoms with van der Waals surface area (Å²) in [5.74, 6) is 0. The molecule has 0 spiro atoms. The molecule has 0 aliphatic carbocycles. The molecule has 112 valence electrons. The Kier molecular flexibility index (Phi) is 3.36. The minimum absolute atomic E-state index is 0.130. The number of rotatable bonds is 2. The first kappa shape index (κ1) is 13.4. The Labute approximate surface area is 128 Å². The number of hydrogen-bond donors (Lipinski definition) is 1. The molecule has 3 heterocycles. The van der Waals surface area contributed by atoms with Crippen molar-refractivity contribution in [1.82, 2.24) is 20.1 Å². The van der Waals surface area contributed by atoms with Crippen molar-refractivity contribution >= 4 is 10.9 Å². The smallest absolute Gasteiger partial charge is 0.0927 e. The third-order valence-electron chi connectivity index (χ3n) is 4.04. The summed E-state index contributed by atoms with van der Waals surface area (Å²) in [5.41, 5.74) is 4.33. The van der Waals surface area contributed by atoms with E-state index in [-0.39, 0.29) is 6.04 Å². The summed E-state index contributed by atoms with van der Waals surface area (Å²) >= 11 is 0. The van der Waals surface area contributed by atoms with Crippen molar-refractivity contribution in [1.29, 1.82) is 0 Å². The van der Waals surface area contributed by atoms with Crippen LogP contribution >= 0.6 is 0 Å². The molecule has 2 aromatic heterocycles. The van der Waals surface area contributed by atoms with Gasteiger partial charge in [0.2, 0.25) is 0 Å². The van der Waals surface area contributed by atoms with Gasteiger partial charge in [0.25, 0.3) is 0 Å². The van der Waals surface area contributed by atoms with Crippen molar-refractivity contribution in [3.8, 4) is 5.69 Å². The molecule has 1 saturated heterocycles. The average molecular weight is 294 g/mol. The van der Waals surface area contributed by atoms with Crippen molar-refractivity contribution < 1.29 is 4.74 Å². The second-order valence-electron chi connectivity index (χ2n) is 5.61. The van der Waals surface area contributed by atoms with Crippen molar-refractivity contribution in [2.45, 2.75) is 13.0 Å². The summed E-state index contributed by atoms with van der Waals surface area (Å²) in [6.45, 7) is 4.35. The Bertz CT molecular complexity index is 788. The van der Waals surface area contributed by atoms with Gasteiger partial charge in [-0.05, 0) is 25.1 Å². The lowest BCUT2D eigenvalue weighted by Crippen LogP contribution is -2.35. The highest BCUT2D eigenvalue weighted by Gasteiger charge is 2.22. The van der Waals surface area contributed by atoms with Crippen molar-refractivity contribution in [2.24, 2.45) is 0 Å². The summed E-state index contributed by atoms with van der Waals surface area (Å²) in [6.07, 6.45) is 3.69. The van der Waals surface area contributed by atoms with E-state index in [1.165, 1.54) is 5.56 Å². The Morgan fingerprint density at radius 3 is 2.86 bits per heavy atom. The highest BCUT2D eigenvalue weighted by atomic mass is 16.5. The summed E-state index contributed by atoms with van der Waals surface area (Å²) in [7, 11) is 0. The predicted octanol–water partition coefficient (Wildman–Crippen LogP) is 2.39.